The Kier molecular flexibility index (Phi) is 8.63. The number of carboxylic acids is 1. The summed E-state index contributed by atoms with van der Waals surface area (Å²) in [4.78, 5) is 24.3. The Morgan fingerprint density at radius 1 is 1.11 bits per heavy atom. The van der Waals surface area contributed by atoms with Crippen LogP contribution in [0.5, 0.6) is 10.9 Å². The number of aromatic carboxylic acids is 1. The van der Waals surface area contributed by atoms with Crippen LogP contribution in [-0.4, -0.2) is 56.1 Å². The smallest absolute Gasteiger partial charge is 0.335 e. The maximum atomic E-state index is 15.5. The molecule has 4 heterocycles. The number of ether oxygens (including phenoxy) is 3. The van der Waals surface area contributed by atoms with Crippen molar-refractivity contribution in [3.8, 4) is 22.2 Å². The molecule has 0 spiro atoms. The molecule has 15 heteroatoms. The summed E-state index contributed by atoms with van der Waals surface area (Å²) in [6.07, 6.45) is -4.35. The van der Waals surface area contributed by atoms with Crippen molar-refractivity contribution in [3.05, 3.63) is 88.3 Å². The van der Waals surface area contributed by atoms with E-state index in [0.717, 1.165) is 36.1 Å². The maximum absolute atomic E-state index is 15.5. The highest BCUT2D eigenvalue weighted by Gasteiger charge is 2.24. The van der Waals surface area contributed by atoms with Crippen LogP contribution in [0, 0.1) is 11.6 Å². The third-order valence-electron chi connectivity index (χ3n) is 7.04. The summed E-state index contributed by atoms with van der Waals surface area (Å²) in [5, 5.41) is 9.58. The molecule has 9 nitrogen and oxygen atoms in total. The number of carbonyl (C=O) groups is 1. The fourth-order valence-corrected chi connectivity index (χ4v) is 5.43. The number of alkyl halides is 3. The van der Waals surface area contributed by atoms with E-state index in [1.165, 1.54) is 30.3 Å². The van der Waals surface area contributed by atoms with Crippen LogP contribution in [-0.2, 0) is 24.3 Å². The summed E-state index contributed by atoms with van der Waals surface area (Å²) in [5.74, 6) is -2.05. The molecule has 0 radical (unpaired) electrons. The Bertz CT molecular complexity index is 1860. The molecule has 0 bridgehead atoms. The van der Waals surface area contributed by atoms with Gasteiger partial charge in [-0.05, 0) is 48.4 Å². The van der Waals surface area contributed by atoms with Crippen LogP contribution in [0.2, 0.25) is 0 Å². The predicted molar refractivity (Wildman–Crippen MR) is 151 cm³/mol. The number of aromatic nitrogens is 4. The zero-order chi connectivity index (χ0) is 31.7. The fourth-order valence-electron chi connectivity index (χ4n) is 4.72. The normalized spacial score (nSPS) is 15.3. The molecule has 5 aromatic rings. The summed E-state index contributed by atoms with van der Waals surface area (Å²) in [6.45, 7) is 0.835. The van der Waals surface area contributed by atoms with E-state index in [0.29, 0.717) is 30.0 Å². The van der Waals surface area contributed by atoms with Crippen molar-refractivity contribution in [2.45, 2.75) is 44.9 Å². The van der Waals surface area contributed by atoms with Gasteiger partial charge in [0.05, 0.1) is 41.1 Å². The van der Waals surface area contributed by atoms with E-state index >= 15 is 8.78 Å². The number of rotatable bonds is 12. The molecular weight excluding hydrogens is 623 g/mol. The fraction of sp³-hybridized carbons (Fsp3) is 0.267. The first-order chi connectivity index (χ1) is 21.6. The monoisotopic (exact) mass is 646 g/mol. The summed E-state index contributed by atoms with van der Waals surface area (Å²) in [6, 6.07) is 11.1. The van der Waals surface area contributed by atoms with Crippen molar-refractivity contribution in [1.29, 1.82) is 0 Å². The van der Waals surface area contributed by atoms with Crippen LogP contribution in [0.3, 0.4) is 0 Å². The third-order valence-corrected chi connectivity index (χ3v) is 7.90. The molecule has 3 aromatic heterocycles. The number of fused-ring (bicyclic) bond motifs is 1. The second-order valence-electron chi connectivity index (χ2n) is 10.1. The highest BCUT2D eigenvalue weighted by molar-refractivity contribution is 7.13. The number of thiazole rings is 1. The van der Waals surface area contributed by atoms with E-state index in [4.69, 9.17) is 9.47 Å². The second kappa shape index (κ2) is 12.8. The molecule has 0 saturated carbocycles. The summed E-state index contributed by atoms with van der Waals surface area (Å²) < 4.78 is 86.1. The van der Waals surface area contributed by atoms with Gasteiger partial charge in [-0.1, -0.05) is 17.4 Å². The Balaban J connectivity index is 1.20. The van der Waals surface area contributed by atoms with Gasteiger partial charge in [-0.3, -0.25) is 0 Å². The van der Waals surface area contributed by atoms with Crippen molar-refractivity contribution < 1.29 is 46.1 Å². The van der Waals surface area contributed by atoms with Gasteiger partial charge in [0.25, 0.3) is 6.36 Å². The molecule has 1 aliphatic heterocycles. The minimum absolute atomic E-state index is 0.0392. The largest absolute Gasteiger partial charge is 0.478 e. The number of halogens is 5. The third kappa shape index (κ3) is 6.73. The number of nitrogens with zero attached hydrogens (tertiary/aromatic N) is 4. The summed E-state index contributed by atoms with van der Waals surface area (Å²) in [7, 11) is 0. The lowest BCUT2D eigenvalue weighted by atomic mass is 10.0. The van der Waals surface area contributed by atoms with Gasteiger partial charge in [-0.2, -0.15) is 4.39 Å². The molecule has 6 rings (SSSR count). The molecule has 1 saturated heterocycles. The van der Waals surface area contributed by atoms with Gasteiger partial charge in [0.2, 0.25) is 5.88 Å². The predicted octanol–water partition coefficient (Wildman–Crippen LogP) is 6.43. The van der Waals surface area contributed by atoms with Crippen molar-refractivity contribution in [1.82, 2.24) is 19.5 Å². The first kappa shape index (κ1) is 30.4. The molecule has 45 heavy (non-hydrogen) atoms. The Hall–Kier alpha value is -4.63. The van der Waals surface area contributed by atoms with Gasteiger partial charge in [-0.15, -0.1) is 0 Å². The molecule has 2 unspecified atom stereocenters. The van der Waals surface area contributed by atoms with Crippen LogP contribution in [0.25, 0.3) is 22.3 Å². The number of hydrogen-bond donors (Lipinski definition) is 1. The van der Waals surface area contributed by atoms with Gasteiger partial charge in [-0.25, -0.2) is 37.3 Å². The molecule has 1 N–H and O–H groups in total. The van der Waals surface area contributed by atoms with E-state index in [9.17, 15) is 23.1 Å². The summed E-state index contributed by atoms with van der Waals surface area (Å²) in [5.41, 5.74) is 1.17. The Morgan fingerprint density at radius 2 is 1.93 bits per heavy atom. The SMILES string of the molecule is O=C(O)c1ccc2nc(Cc3cc(F)c(-c4cccc(OCc5ncc(OC(F)C(F)F)s5)n4)cc3F)n(CC3CCO3)c2c1. The standard InChI is InChI=1S/C30H23F5N4O5S/c31-19-11-18(21-2-1-3-25(38-21)43-14-26-36-12-27(45-26)44-29(35)28(33)34)20(32)8-16(19)10-24-37-22-5-4-15(30(40)41)9-23(22)39(24)13-17-6-7-42-17/h1-5,8-9,11-12,17,28-29H,6-7,10,13-14H2,(H,40,41). The zero-order valence-electron chi connectivity index (χ0n) is 23.1. The van der Waals surface area contributed by atoms with E-state index in [-0.39, 0.29) is 57.5 Å². The average molecular weight is 647 g/mol. The minimum Gasteiger partial charge on any atom is -0.478 e. The number of carboxylic acid groups (broad SMARTS) is 1. The van der Waals surface area contributed by atoms with Crippen LogP contribution in [0.1, 0.15) is 33.2 Å². The lowest BCUT2D eigenvalue weighted by Crippen LogP contribution is -2.31. The molecule has 2 atom stereocenters. The second-order valence-corrected chi connectivity index (χ2v) is 11.1. The number of imidazole rings is 1. The van der Waals surface area contributed by atoms with Gasteiger partial charge in [0, 0.05) is 24.7 Å². The molecule has 1 aliphatic rings. The Labute approximate surface area is 255 Å². The van der Waals surface area contributed by atoms with Crippen LogP contribution in [0.15, 0.2) is 54.7 Å². The van der Waals surface area contributed by atoms with E-state index in [1.807, 2.05) is 0 Å². The topological polar surface area (TPSA) is 109 Å². The van der Waals surface area contributed by atoms with Crippen LogP contribution < -0.4 is 9.47 Å². The first-order valence-corrected chi connectivity index (χ1v) is 14.4. The van der Waals surface area contributed by atoms with Crippen molar-refractivity contribution >= 4 is 28.3 Å². The summed E-state index contributed by atoms with van der Waals surface area (Å²) >= 11 is 0.808. The van der Waals surface area contributed by atoms with Gasteiger partial charge < -0.3 is 23.9 Å². The molecule has 234 valence electrons. The maximum Gasteiger partial charge on any atom is 0.335 e. The van der Waals surface area contributed by atoms with Crippen LogP contribution >= 0.6 is 11.3 Å². The lowest BCUT2D eigenvalue weighted by Gasteiger charge is -2.27. The van der Waals surface area contributed by atoms with Crippen LogP contribution in [0.4, 0.5) is 22.0 Å². The molecule has 2 aromatic carbocycles. The highest BCUT2D eigenvalue weighted by atomic mass is 32.1. The zero-order valence-corrected chi connectivity index (χ0v) is 23.9. The minimum atomic E-state index is -3.30. The average Bonchev–Trinajstić information content (AvgIpc) is 3.58. The molecule has 0 aliphatic carbocycles. The van der Waals surface area contributed by atoms with Crippen molar-refractivity contribution in [3.63, 3.8) is 0 Å². The molecular formula is C30H23F5N4O5S. The lowest BCUT2D eigenvalue weighted by molar-refractivity contribution is -0.0651. The first-order valence-electron chi connectivity index (χ1n) is 13.6. The van der Waals surface area contributed by atoms with E-state index in [2.05, 4.69) is 19.7 Å². The quantitative estimate of drug-likeness (QED) is 0.155. The number of hydrogen-bond acceptors (Lipinski definition) is 8. The van der Waals surface area contributed by atoms with E-state index < -0.39 is 30.4 Å². The molecule has 1 fully saturated rings. The number of pyridine rings is 1. The number of benzene rings is 2. The van der Waals surface area contributed by atoms with Gasteiger partial charge >= 0.3 is 12.4 Å². The van der Waals surface area contributed by atoms with Crippen molar-refractivity contribution in [2.24, 2.45) is 0 Å². The highest BCUT2D eigenvalue weighted by Crippen LogP contribution is 2.30. The van der Waals surface area contributed by atoms with Crippen molar-refractivity contribution in [2.75, 3.05) is 6.61 Å². The van der Waals surface area contributed by atoms with Gasteiger partial charge in [0.15, 0.2) is 5.06 Å². The Morgan fingerprint density at radius 3 is 2.67 bits per heavy atom. The van der Waals surface area contributed by atoms with E-state index in [1.54, 1.807) is 10.6 Å². The van der Waals surface area contributed by atoms with Gasteiger partial charge in [0.1, 0.15) is 29.1 Å². The molecule has 0 amide bonds.